The summed E-state index contributed by atoms with van der Waals surface area (Å²) in [5.74, 6) is 0. The van der Waals surface area contributed by atoms with Gasteiger partial charge in [0.05, 0.1) is 13.8 Å². The van der Waals surface area contributed by atoms with Crippen LogP contribution in [0.1, 0.15) is 18.6 Å². The molecule has 65 heavy (non-hydrogen) atoms. The summed E-state index contributed by atoms with van der Waals surface area (Å²) < 4.78 is 0. The minimum atomic E-state index is -1.96. The van der Waals surface area contributed by atoms with Crippen LogP contribution in [0.5, 0.6) is 0 Å². The van der Waals surface area contributed by atoms with Crippen LogP contribution in [0, 0.1) is 0 Å². The molecule has 1 atom stereocenters. The Morgan fingerprint density at radius 2 is 0.831 bits per heavy atom. The van der Waals surface area contributed by atoms with Gasteiger partial charge in [-0.25, -0.2) is 0 Å². The average Bonchev–Trinajstić information content (AvgIpc) is 3.61. The molecule has 324 valence electrons. The molecular weight excluding hydrogens is 819 g/mol. The summed E-state index contributed by atoms with van der Waals surface area (Å²) in [5.41, 5.74) is 15.3. The van der Waals surface area contributed by atoms with Gasteiger partial charge in [0.2, 0.25) is 0 Å². The van der Waals surface area contributed by atoms with Crippen molar-refractivity contribution in [2.24, 2.45) is 0 Å². The zero-order chi connectivity index (χ0) is 44.1. The maximum Gasteiger partial charge on any atom is 0.0609 e. The second-order valence-corrected chi connectivity index (χ2v) is 26.8. The summed E-state index contributed by atoms with van der Waals surface area (Å²) in [6.07, 6.45) is 0. The van der Waals surface area contributed by atoms with Gasteiger partial charge >= 0.3 is 0 Å². The molecule has 5 heteroatoms. The van der Waals surface area contributed by atoms with Gasteiger partial charge in [0, 0.05) is 59.0 Å². The Morgan fingerprint density at radius 3 is 1.26 bits per heavy atom. The molecule has 0 fully saturated rings. The zero-order valence-corrected chi connectivity index (χ0v) is 39.8. The summed E-state index contributed by atoms with van der Waals surface area (Å²) in [4.78, 5) is 4.91. The fourth-order valence-electron chi connectivity index (χ4n) is 9.89. The number of nitrogens with zero attached hydrogens (tertiary/aromatic N) is 2. The molecule has 0 heterocycles. The fraction of sp³-hybridized carbons (Fsp3) is 0.133. The predicted octanol–water partition coefficient (Wildman–Crippen LogP) is 17.5. The van der Waals surface area contributed by atoms with Crippen molar-refractivity contribution < 1.29 is 0 Å². The zero-order valence-electron chi connectivity index (χ0n) is 37.6. The number of hydrogen-bond acceptors (Lipinski definition) is 3. The van der Waals surface area contributed by atoms with Crippen molar-refractivity contribution >= 4 is 73.1 Å². The van der Waals surface area contributed by atoms with Crippen molar-refractivity contribution in [2.75, 3.05) is 15.1 Å². The van der Waals surface area contributed by atoms with Crippen molar-refractivity contribution in [2.45, 2.75) is 51.2 Å². The lowest BCUT2D eigenvalue weighted by Crippen LogP contribution is -2.50. The highest BCUT2D eigenvalue weighted by molar-refractivity contribution is 6.81. The Balaban J connectivity index is 0.000000353. The number of anilines is 8. The molecule has 1 aliphatic carbocycles. The molecule has 3 nitrogen and oxygen atoms in total. The third-order valence-electron chi connectivity index (χ3n) is 12.6. The van der Waals surface area contributed by atoms with Crippen LogP contribution in [-0.2, 0) is 5.04 Å². The molecule has 10 rings (SSSR count). The Morgan fingerprint density at radius 1 is 0.431 bits per heavy atom. The topological polar surface area (TPSA) is 18.5 Å². The minimum Gasteiger partial charge on any atom is -0.356 e. The third-order valence-corrected chi connectivity index (χ3v) is 17.7. The Bertz CT molecular complexity index is 2820. The average molecular weight is 880 g/mol. The third kappa shape index (κ3) is 8.95. The minimum absolute atomic E-state index is 0. The first-order chi connectivity index (χ1) is 31.2. The fourth-order valence-corrected chi connectivity index (χ4v) is 17.3. The molecule has 0 aromatic heterocycles. The number of hydrogen-bond donors (Lipinski definition) is 1. The van der Waals surface area contributed by atoms with Crippen LogP contribution >= 0.6 is 0 Å². The maximum atomic E-state index is 3.30. The van der Waals surface area contributed by atoms with Crippen LogP contribution < -0.4 is 15.1 Å². The predicted molar refractivity (Wildman–Crippen MR) is 289 cm³/mol. The van der Waals surface area contributed by atoms with E-state index >= 15 is 0 Å². The number of para-hydroxylation sites is 6. The standard InChI is InChI=1S/C47H46N2Si2.C12H11N.CH4/c1-50(2)34-47(51(3,4)5)43-32-39(48(35-20-10-6-11-21-35)36-22-12-7-13-23-36)30-31-42(43)46-41-29-19-18-28-40(41)45(33-44(46)47)49(37-24-14-8-15-25-37)38-26-16-9-17-27-38;1-3-7-11(8-4-1)13-12-9-5-2-6-10-12;/h6-33,50H,34H2,1-5H3;1-10,13H;1H4. The molecule has 0 aliphatic heterocycles. The number of rotatable bonds is 11. The van der Waals surface area contributed by atoms with E-state index in [-0.39, 0.29) is 12.5 Å². The number of nitrogens with one attached hydrogen (secondary N) is 1. The van der Waals surface area contributed by atoms with Crippen LogP contribution in [0.4, 0.5) is 45.5 Å². The summed E-state index contributed by atoms with van der Waals surface area (Å²) in [6, 6.07) is 84.1. The second-order valence-electron chi connectivity index (χ2n) is 18.2. The first kappa shape index (κ1) is 44.7. The highest BCUT2D eigenvalue weighted by atomic mass is 28.3. The van der Waals surface area contributed by atoms with Crippen molar-refractivity contribution in [3.8, 4) is 11.1 Å². The van der Waals surface area contributed by atoms with E-state index in [9.17, 15) is 0 Å². The van der Waals surface area contributed by atoms with Gasteiger partial charge in [-0.2, -0.15) is 0 Å². The Kier molecular flexibility index (Phi) is 13.4. The maximum absolute atomic E-state index is 3.30. The summed E-state index contributed by atoms with van der Waals surface area (Å²) >= 11 is 0. The van der Waals surface area contributed by atoms with Gasteiger partial charge in [0.25, 0.3) is 0 Å². The molecule has 0 bridgehead atoms. The van der Waals surface area contributed by atoms with Crippen molar-refractivity contribution in [1.29, 1.82) is 0 Å². The van der Waals surface area contributed by atoms with E-state index in [0.717, 1.165) is 11.4 Å². The molecule has 0 spiro atoms. The van der Waals surface area contributed by atoms with Crippen LogP contribution in [-0.4, -0.2) is 16.9 Å². The van der Waals surface area contributed by atoms with E-state index in [1.165, 1.54) is 73.2 Å². The molecular formula is C60H61N3Si2. The lowest BCUT2D eigenvalue weighted by molar-refractivity contribution is 0.788. The van der Waals surface area contributed by atoms with E-state index in [0.29, 0.717) is 0 Å². The van der Waals surface area contributed by atoms with Gasteiger partial charge in [-0.3, -0.25) is 0 Å². The molecule has 0 amide bonds. The molecule has 9 aromatic carbocycles. The molecule has 0 saturated heterocycles. The first-order valence-corrected chi connectivity index (χ1v) is 29.2. The first-order valence-electron chi connectivity index (χ1n) is 22.6. The quantitative estimate of drug-likeness (QED) is 0.131. The number of fused-ring (bicyclic) bond motifs is 5. The SMILES string of the molecule is C.C[SiH](C)CC1([Si](C)(C)C)c2cc(N(c3ccccc3)c3ccccc3)ccc2-c2c1cc(N(c1ccccc1)c1ccccc1)c1ccccc21.c1ccc(Nc2ccccc2)cc1. The van der Waals surface area contributed by atoms with E-state index in [4.69, 9.17) is 0 Å². The lowest BCUT2D eigenvalue weighted by atomic mass is 9.92. The monoisotopic (exact) mass is 879 g/mol. The lowest BCUT2D eigenvalue weighted by Gasteiger charge is -2.45. The van der Waals surface area contributed by atoms with Crippen LogP contribution in [0.15, 0.2) is 231 Å². The van der Waals surface area contributed by atoms with Crippen molar-refractivity contribution in [3.05, 3.63) is 242 Å². The Labute approximate surface area is 390 Å². The van der Waals surface area contributed by atoms with E-state index < -0.39 is 16.9 Å². The Hall–Kier alpha value is -6.93. The van der Waals surface area contributed by atoms with Gasteiger partial charge in [-0.1, -0.05) is 180 Å². The van der Waals surface area contributed by atoms with Crippen molar-refractivity contribution in [3.63, 3.8) is 0 Å². The number of benzene rings is 9. The van der Waals surface area contributed by atoms with Gasteiger partial charge in [0.1, 0.15) is 0 Å². The molecule has 0 radical (unpaired) electrons. The summed E-state index contributed by atoms with van der Waals surface area (Å²) in [6.45, 7) is 12.9. The van der Waals surface area contributed by atoms with E-state index in [1.807, 2.05) is 60.7 Å². The van der Waals surface area contributed by atoms with E-state index in [2.05, 4.69) is 218 Å². The summed E-state index contributed by atoms with van der Waals surface area (Å²) in [7, 11) is -3.04. The molecule has 1 unspecified atom stereocenters. The molecule has 9 aromatic rings. The van der Waals surface area contributed by atoms with Crippen LogP contribution in [0.3, 0.4) is 0 Å². The second kappa shape index (κ2) is 19.4. The normalized spacial score (nSPS) is 13.8. The van der Waals surface area contributed by atoms with Gasteiger partial charge in [0.15, 0.2) is 0 Å². The highest BCUT2D eigenvalue weighted by Gasteiger charge is 2.53. The largest absolute Gasteiger partial charge is 0.356 e. The smallest absolute Gasteiger partial charge is 0.0609 e. The molecule has 1 N–H and O–H groups in total. The van der Waals surface area contributed by atoms with Gasteiger partial charge < -0.3 is 15.1 Å². The van der Waals surface area contributed by atoms with E-state index in [1.54, 1.807) is 0 Å². The van der Waals surface area contributed by atoms with Crippen LogP contribution in [0.25, 0.3) is 21.9 Å². The van der Waals surface area contributed by atoms with Crippen molar-refractivity contribution in [1.82, 2.24) is 0 Å². The highest BCUT2D eigenvalue weighted by Crippen LogP contribution is 2.60. The summed E-state index contributed by atoms with van der Waals surface area (Å²) in [5, 5.41) is 5.87. The molecule has 0 saturated carbocycles. The van der Waals surface area contributed by atoms with Gasteiger partial charge in [-0.15, -0.1) is 0 Å². The van der Waals surface area contributed by atoms with Gasteiger partial charge in [-0.05, 0) is 125 Å². The van der Waals surface area contributed by atoms with Crippen LogP contribution in [0.2, 0.25) is 38.8 Å². The molecule has 1 aliphatic rings.